The fourth-order valence-corrected chi connectivity index (χ4v) is 3.12. The summed E-state index contributed by atoms with van der Waals surface area (Å²) in [6, 6.07) is 18.7. The van der Waals surface area contributed by atoms with Gasteiger partial charge in [-0.2, -0.15) is 14.9 Å². The molecule has 4 rings (SSSR count). The second kappa shape index (κ2) is 8.15. The molecule has 0 spiro atoms. The van der Waals surface area contributed by atoms with E-state index in [0.29, 0.717) is 22.9 Å². The van der Waals surface area contributed by atoms with Crippen molar-refractivity contribution < 1.29 is 14.6 Å². The van der Waals surface area contributed by atoms with Gasteiger partial charge in [-0.25, -0.2) is 4.68 Å². The van der Waals surface area contributed by atoms with Gasteiger partial charge in [-0.3, -0.25) is 9.59 Å². The van der Waals surface area contributed by atoms with E-state index >= 15 is 0 Å². The van der Waals surface area contributed by atoms with E-state index in [1.165, 1.54) is 7.11 Å². The molecule has 2 heterocycles. The van der Waals surface area contributed by atoms with Crippen molar-refractivity contribution in [3.63, 3.8) is 0 Å². The molecule has 9 nitrogen and oxygen atoms in total. The summed E-state index contributed by atoms with van der Waals surface area (Å²) < 4.78 is 7.85. The van der Waals surface area contributed by atoms with Crippen LogP contribution >= 0.6 is 0 Å². The second-order valence-electron chi connectivity index (χ2n) is 6.67. The Hall–Kier alpha value is -4.40. The van der Waals surface area contributed by atoms with Crippen LogP contribution in [0.1, 0.15) is 16.2 Å². The van der Waals surface area contributed by atoms with Crippen molar-refractivity contribution in [2.75, 3.05) is 12.4 Å². The average molecular weight is 417 g/mol. The van der Waals surface area contributed by atoms with Crippen LogP contribution in [0.25, 0.3) is 11.4 Å². The lowest BCUT2D eigenvalue weighted by atomic mass is 10.3. The van der Waals surface area contributed by atoms with Crippen LogP contribution in [0.5, 0.6) is 11.5 Å². The van der Waals surface area contributed by atoms with Crippen LogP contribution in [0.3, 0.4) is 0 Å². The standard InChI is InChI=1S/C22H19N5O4/c1-14-12-19(26(24-14)15-8-4-3-5-9-15)23-22(30)21-17(28)13-20(29)27(25-21)16-10-6-7-11-18(16)31-2/h3-13,28H,1-2H3,(H,23,30). The van der Waals surface area contributed by atoms with Crippen molar-refractivity contribution in [3.05, 3.63) is 88.5 Å². The normalized spacial score (nSPS) is 10.6. The highest BCUT2D eigenvalue weighted by Gasteiger charge is 2.20. The zero-order valence-electron chi connectivity index (χ0n) is 16.8. The summed E-state index contributed by atoms with van der Waals surface area (Å²) in [5.74, 6) is -0.439. The predicted molar refractivity (Wildman–Crippen MR) is 114 cm³/mol. The van der Waals surface area contributed by atoms with Crippen molar-refractivity contribution >= 4 is 11.7 Å². The molecule has 0 radical (unpaired) electrons. The van der Waals surface area contributed by atoms with Crippen molar-refractivity contribution in [3.8, 4) is 22.9 Å². The zero-order valence-corrected chi connectivity index (χ0v) is 16.8. The molecule has 31 heavy (non-hydrogen) atoms. The highest BCUT2D eigenvalue weighted by molar-refractivity contribution is 6.04. The van der Waals surface area contributed by atoms with Gasteiger partial charge >= 0.3 is 0 Å². The topological polar surface area (TPSA) is 111 Å². The molecule has 0 saturated carbocycles. The Morgan fingerprint density at radius 1 is 1.00 bits per heavy atom. The minimum atomic E-state index is -0.696. The molecule has 0 fully saturated rings. The predicted octanol–water partition coefficient (Wildman–Crippen LogP) is 2.69. The van der Waals surface area contributed by atoms with Crippen LogP contribution in [0.4, 0.5) is 5.82 Å². The van der Waals surface area contributed by atoms with E-state index < -0.39 is 17.2 Å². The number of amides is 1. The minimum absolute atomic E-state index is 0.316. The first-order chi connectivity index (χ1) is 15.0. The number of hydrogen-bond acceptors (Lipinski definition) is 6. The molecule has 0 saturated heterocycles. The fourth-order valence-electron chi connectivity index (χ4n) is 3.12. The van der Waals surface area contributed by atoms with Crippen LogP contribution in [0.2, 0.25) is 0 Å². The Balaban J connectivity index is 1.73. The maximum atomic E-state index is 13.0. The fraction of sp³-hybridized carbons (Fsp3) is 0.0909. The number of aryl methyl sites for hydroxylation is 1. The summed E-state index contributed by atoms with van der Waals surface area (Å²) in [6.07, 6.45) is 0. The van der Waals surface area contributed by atoms with E-state index in [4.69, 9.17) is 4.74 Å². The van der Waals surface area contributed by atoms with E-state index in [-0.39, 0.29) is 5.69 Å². The zero-order chi connectivity index (χ0) is 22.0. The average Bonchev–Trinajstić information content (AvgIpc) is 3.14. The monoisotopic (exact) mass is 417 g/mol. The Bertz CT molecular complexity index is 1310. The molecule has 4 aromatic rings. The quantitative estimate of drug-likeness (QED) is 0.516. The van der Waals surface area contributed by atoms with Gasteiger partial charge in [-0.1, -0.05) is 30.3 Å². The number of aromatic hydroxyl groups is 1. The molecule has 0 atom stereocenters. The maximum absolute atomic E-state index is 13.0. The molecule has 0 bridgehead atoms. The molecule has 0 aliphatic carbocycles. The van der Waals surface area contributed by atoms with E-state index in [9.17, 15) is 14.7 Å². The van der Waals surface area contributed by atoms with Gasteiger partial charge in [0.2, 0.25) is 0 Å². The number of aromatic nitrogens is 4. The van der Waals surface area contributed by atoms with E-state index in [2.05, 4.69) is 15.5 Å². The second-order valence-corrected chi connectivity index (χ2v) is 6.67. The largest absolute Gasteiger partial charge is 0.505 e. The van der Waals surface area contributed by atoms with Gasteiger partial charge in [0.1, 0.15) is 17.3 Å². The maximum Gasteiger partial charge on any atom is 0.281 e. The Morgan fingerprint density at radius 3 is 2.45 bits per heavy atom. The first-order valence-electron chi connectivity index (χ1n) is 9.38. The van der Waals surface area contributed by atoms with Gasteiger partial charge in [0, 0.05) is 12.1 Å². The number of rotatable bonds is 5. The van der Waals surface area contributed by atoms with E-state index in [1.807, 2.05) is 30.3 Å². The number of anilines is 1. The van der Waals surface area contributed by atoms with Gasteiger partial charge in [0.25, 0.3) is 11.5 Å². The summed E-state index contributed by atoms with van der Waals surface area (Å²) >= 11 is 0. The van der Waals surface area contributed by atoms with Crippen molar-refractivity contribution in [1.82, 2.24) is 19.6 Å². The van der Waals surface area contributed by atoms with Gasteiger partial charge < -0.3 is 15.2 Å². The smallest absolute Gasteiger partial charge is 0.281 e. The van der Waals surface area contributed by atoms with Crippen LogP contribution in [-0.4, -0.2) is 37.7 Å². The number of para-hydroxylation sites is 3. The van der Waals surface area contributed by atoms with Crippen LogP contribution < -0.4 is 15.6 Å². The molecule has 0 unspecified atom stereocenters. The number of methoxy groups -OCH3 is 1. The molecule has 0 aliphatic rings. The molecule has 0 aliphatic heterocycles. The SMILES string of the molecule is COc1ccccc1-n1nc(C(=O)Nc2cc(C)nn2-c2ccccc2)c(O)cc1=O. The van der Waals surface area contributed by atoms with Crippen molar-refractivity contribution in [2.24, 2.45) is 0 Å². The first-order valence-corrected chi connectivity index (χ1v) is 9.38. The molecule has 2 N–H and O–H groups in total. The third-order valence-electron chi connectivity index (χ3n) is 4.51. The molecule has 156 valence electrons. The van der Waals surface area contributed by atoms with Gasteiger partial charge in [0.15, 0.2) is 11.4 Å². The molecule has 2 aromatic heterocycles. The Labute approximate surface area is 177 Å². The number of benzene rings is 2. The first kappa shape index (κ1) is 19.9. The Morgan fingerprint density at radius 2 is 1.71 bits per heavy atom. The van der Waals surface area contributed by atoms with Crippen LogP contribution in [0.15, 0.2) is 71.5 Å². The molecule has 9 heteroatoms. The van der Waals surface area contributed by atoms with Crippen LogP contribution in [0, 0.1) is 6.92 Å². The van der Waals surface area contributed by atoms with Gasteiger partial charge in [0.05, 0.1) is 18.5 Å². The van der Waals surface area contributed by atoms with E-state index in [0.717, 1.165) is 16.4 Å². The van der Waals surface area contributed by atoms with Crippen LogP contribution in [-0.2, 0) is 0 Å². The number of carbonyl (C=O) groups excluding carboxylic acids is 1. The van der Waals surface area contributed by atoms with Crippen molar-refractivity contribution in [1.29, 1.82) is 0 Å². The summed E-state index contributed by atoms with van der Waals surface area (Å²) in [6.45, 7) is 1.80. The van der Waals surface area contributed by atoms with Gasteiger partial charge in [-0.05, 0) is 31.2 Å². The third-order valence-corrected chi connectivity index (χ3v) is 4.51. The number of nitrogens with zero attached hydrogens (tertiary/aromatic N) is 4. The number of nitrogens with one attached hydrogen (secondary N) is 1. The summed E-state index contributed by atoms with van der Waals surface area (Å²) in [4.78, 5) is 25.4. The summed E-state index contributed by atoms with van der Waals surface area (Å²) in [5, 5.41) is 21.4. The molecule has 2 aromatic carbocycles. The molecular weight excluding hydrogens is 398 g/mol. The minimum Gasteiger partial charge on any atom is -0.505 e. The summed E-state index contributed by atoms with van der Waals surface area (Å²) in [7, 11) is 1.46. The molecular formula is C22H19N5O4. The number of carbonyl (C=O) groups is 1. The van der Waals surface area contributed by atoms with E-state index in [1.54, 1.807) is 41.9 Å². The summed E-state index contributed by atoms with van der Waals surface area (Å²) in [5.41, 5.74) is 0.860. The lowest BCUT2D eigenvalue weighted by Crippen LogP contribution is -2.26. The lowest BCUT2D eigenvalue weighted by molar-refractivity contribution is 0.101. The number of ether oxygens (including phenoxy) is 1. The molecule has 1 amide bonds. The van der Waals surface area contributed by atoms with Crippen molar-refractivity contribution in [2.45, 2.75) is 6.92 Å². The highest BCUT2D eigenvalue weighted by atomic mass is 16.5. The highest BCUT2D eigenvalue weighted by Crippen LogP contribution is 2.22. The Kier molecular flexibility index (Phi) is 5.23. The third kappa shape index (κ3) is 3.88. The number of hydrogen-bond donors (Lipinski definition) is 2. The lowest BCUT2D eigenvalue weighted by Gasteiger charge is -2.12. The van der Waals surface area contributed by atoms with Gasteiger partial charge in [-0.15, -0.1) is 0 Å².